The number of hydrogen-bond donors (Lipinski definition) is 1. The standard InChI is InChI=1S/C12H14BrNO5S/c1-19-10-3-2-9(13)6-11(10)20(17,18)14-5-4-8(7-14)12(15)16/h2-3,6,8H,4-5,7H2,1H3,(H,15,16). The zero-order valence-electron chi connectivity index (χ0n) is 10.7. The summed E-state index contributed by atoms with van der Waals surface area (Å²) in [7, 11) is -2.36. The second-order valence-corrected chi connectivity index (χ2v) is 7.30. The summed E-state index contributed by atoms with van der Waals surface area (Å²) < 4.78 is 32.0. The number of ether oxygens (including phenoxy) is 1. The van der Waals surface area contributed by atoms with Crippen molar-refractivity contribution >= 4 is 31.9 Å². The van der Waals surface area contributed by atoms with Gasteiger partial charge >= 0.3 is 5.97 Å². The molecule has 1 fully saturated rings. The molecule has 1 unspecified atom stereocenters. The molecule has 1 N–H and O–H groups in total. The first-order valence-corrected chi connectivity index (χ1v) is 8.16. The maximum atomic E-state index is 12.6. The zero-order valence-corrected chi connectivity index (χ0v) is 13.1. The molecule has 1 aromatic carbocycles. The Morgan fingerprint density at radius 2 is 2.20 bits per heavy atom. The highest BCUT2D eigenvalue weighted by molar-refractivity contribution is 9.10. The molecule has 0 radical (unpaired) electrons. The highest BCUT2D eigenvalue weighted by Gasteiger charge is 2.37. The average molecular weight is 364 g/mol. The van der Waals surface area contributed by atoms with Crippen LogP contribution in [0, 0.1) is 5.92 Å². The first kappa shape index (κ1) is 15.3. The van der Waals surface area contributed by atoms with Gasteiger partial charge < -0.3 is 9.84 Å². The second kappa shape index (κ2) is 5.71. The SMILES string of the molecule is COc1ccc(Br)cc1S(=O)(=O)N1CCC(C(=O)O)C1. The van der Waals surface area contributed by atoms with Gasteiger partial charge in [-0.2, -0.15) is 4.31 Å². The quantitative estimate of drug-likeness (QED) is 0.877. The number of hydrogen-bond acceptors (Lipinski definition) is 4. The highest BCUT2D eigenvalue weighted by Crippen LogP contribution is 2.32. The number of carboxylic acids is 1. The minimum absolute atomic E-state index is 0.00661. The highest BCUT2D eigenvalue weighted by atomic mass is 79.9. The lowest BCUT2D eigenvalue weighted by Gasteiger charge is -2.18. The number of rotatable bonds is 4. The Kier molecular flexibility index (Phi) is 4.36. The monoisotopic (exact) mass is 363 g/mol. The van der Waals surface area contributed by atoms with Crippen molar-refractivity contribution in [2.24, 2.45) is 5.92 Å². The first-order chi connectivity index (χ1) is 9.36. The Morgan fingerprint density at radius 1 is 1.50 bits per heavy atom. The van der Waals surface area contributed by atoms with Gasteiger partial charge in [0.15, 0.2) is 0 Å². The number of benzene rings is 1. The van der Waals surface area contributed by atoms with Gasteiger partial charge in [-0.05, 0) is 24.6 Å². The summed E-state index contributed by atoms with van der Waals surface area (Å²) in [6.45, 7) is 0.197. The van der Waals surface area contributed by atoms with Gasteiger partial charge in [0, 0.05) is 17.6 Å². The smallest absolute Gasteiger partial charge is 0.307 e. The molecular formula is C12H14BrNO5S. The van der Waals surface area contributed by atoms with Crippen molar-refractivity contribution in [2.75, 3.05) is 20.2 Å². The minimum atomic E-state index is -3.76. The lowest BCUT2D eigenvalue weighted by atomic mass is 10.1. The molecule has 1 aromatic rings. The third-order valence-electron chi connectivity index (χ3n) is 3.24. The van der Waals surface area contributed by atoms with Crippen LogP contribution < -0.4 is 4.74 Å². The largest absolute Gasteiger partial charge is 0.495 e. The van der Waals surface area contributed by atoms with Gasteiger partial charge in [-0.3, -0.25) is 4.79 Å². The van der Waals surface area contributed by atoms with Crippen LogP contribution >= 0.6 is 15.9 Å². The molecule has 1 atom stereocenters. The van der Waals surface area contributed by atoms with Crippen LogP contribution in [-0.4, -0.2) is 44.0 Å². The van der Waals surface area contributed by atoms with Crippen LogP contribution in [0.25, 0.3) is 0 Å². The third-order valence-corrected chi connectivity index (χ3v) is 5.62. The van der Waals surface area contributed by atoms with Crippen molar-refractivity contribution in [1.82, 2.24) is 4.31 Å². The first-order valence-electron chi connectivity index (χ1n) is 5.92. The van der Waals surface area contributed by atoms with Crippen molar-refractivity contribution in [3.8, 4) is 5.75 Å². The Bertz CT molecular complexity index is 631. The number of halogens is 1. The van der Waals surface area contributed by atoms with Crippen LogP contribution in [0.1, 0.15) is 6.42 Å². The van der Waals surface area contributed by atoms with Gasteiger partial charge in [0.1, 0.15) is 10.6 Å². The molecular weight excluding hydrogens is 350 g/mol. The lowest BCUT2D eigenvalue weighted by molar-refractivity contribution is -0.141. The van der Waals surface area contributed by atoms with E-state index in [1.807, 2.05) is 0 Å². The zero-order chi connectivity index (χ0) is 14.9. The lowest BCUT2D eigenvalue weighted by Crippen LogP contribution is -2.30. The fourth-order valence-electron chi connectivity index (χ4n) is 2.14. The van der Waals surface area contributed by atoms with Gasteiger partial charge in [-0.15, -0.1) is 0 Å². The van der Waals surface area contributed by atoms with E-state index >= 15 is 0 Å². The molecule has 1 aliphatic rings. The summed E-state index contributed by atoms with van der Waals surface area (Å²) >= 11 is 3.23. The van der Waals surface area contributed by atoms with Crippen molar-refractivity contribution in [2.45, 2.75) is 11.3 Å². The van der Waals surface area contributed by atoms with Crippen molar-refractivity contribution in [3.63, 3.8) is 0 Å². The number of aliphatic carboxylic acids is 1. The van der Waals surface area contributed by atoms with Crippen molar-refractivity contribution in [1.29, 1.82) is 0 Å². The van der Waals surface area contributed by atoms with Crippen LogP contribution in [0.5, 0.6) is 5.75 Å². The van der Waals surface area contributed by atoms with E-state index in [-0.39, 0.29) is 23.7 Å². The minimum Gasteiger partial charge on any atom is -0.495 e. The Balaban J connectivity index is 2.36. The van der Waals surface area contributed by atoms with E-state index in [0.29, 0.717) is 10.9 Å². The van der Waals surface area contributed by atoms with Gasteiger partial charge in [0.2, 0.25) is 10.0 Å². The van der Waals surface area contributed by atoms with E-state index in [4.69, 9.17) is 9.84 Å². The van der Waals surface area contributed by atoms with Crippen molar-refractivity contribution in [3.05, 3.63) is 22.7 Å². The molecule has 0 bridgehead atoms. The molecule has 1 saturated heterocycles. The van der Waals surface area contributed by atoms with E-state index in [1.54, 1.807) is 12.1 Å². The van der Waals surface area contributed by atoms with Gasteiger partial charge in [-0.1, -0.05) is 15.9 Å². The molecule has 1 heterocycles. The number of carbonyl (C=O) groups is 1. The molecule has 8 heteroatoms. The van der Waals surface area contributed by atoms with Crippen LogP contribution in [-0.2, 0) is 14.8 Å². The summed E-state index contributed by atoms with van der Waals surface area (Å²) in [5.74, 6) is -1.38. The molecule has 0 aromatic heterocycles. The fourth-order valence-corrected chi connectivity index (χ4v) is 4.33. The maximum absolute atomic E-state index is 12.6. The topological polar surface area (TPSA) is 83.9 Å². The van der Waals surface area contributed by atoms with Gasteiger partial charge in [0.05, 0.1) is 13.0 Å². The average Bonchev–Trinajstić information content (AvgIpc) is 2.89. The van der Waals surface area contributed by atoms with Crippen LogP contribution in [0.2, 0.25) is 0 Å². The fraction of sp³-hybridized carbons (Fsp3) is 0.417. The number of sulfonamides is 1. The Morgan fingerprint density at radius 3 is 2.75 bits per heavy atom. The normalized spacial score (nSPS) is 20.0. The van der Waals surface area contributed by atoms with Crippen LogP contribution in [0.15, 0.2) is 27.6 Å². The molecule has 0 saturated carbocycles. The maximum Gasteiger partial charge on any atom is 0.307 e. The van der Waals surface area contributed by atoms with E-state index < -0.39 is 21.9 Å². The summed E-state index contributed by atoms with van der Waals surface area (Å²) in [5.41, 5.74) is 0. The van der Waals surface area contributed by atoms with Crippen molar-refractivity contribution < 1.29 is 23.1 Å². The van der Waals surface area contributed by atoms with E-state index in [1.165, 1.54) is 17.5 Å². The van der Waals surface area contributed by atoms with E-state index in [0.717, 1.165) is 0 Å². The summed E-state index contributed by atoms with van der Waals surface area (Å²) in [4.78, 5) is 11.0. The molecule has 0 spiro atoms. The van der Waals surface area contributed by atoms with E-state index in [9.17, 15) is 13.2 Å². The predicted octanol–water partition coefficient (Wildman–Crippen LogP) is 1.55. The molecule has 20 heavy (non-hydrogen) atoms. The van der Waals surface area contributed by atoms with Crippen LogP contribution in [0.3, 0.4) is 0 Å². The Labute approximate surface area is 125 Å². The summed E-state index contributed by atoms with van der Waals surface area (Å²) in [6, 6.07) is 4.70. The molecule has 0 amide bonds. The van der Waals surface area contributed by atoms with Gasteiger partial charge in [-0.25, -0.2) is 8.42 Å². The summed E-state index contributed by atoms with van der Waals surface area (Å²) in [5, 5.41) is 8.96. The molecule has 6 nitrogen and oxygen atoms in total. The number of methoxy groups -OCH3 is 1. The third kappa shape index (κ3) is 2.82. The van der Waals surface area contributed by atoms with E-state index in [2.05, 4.69) is 15.9 Å². The molecule has 2 rings (SSSR count). The molecule has 0 aliphatic carbocycles. The predicted molar refractivity (Wildman–Crippen MR) is 75.2 cm³/mol. The summed E-state index contributed by atoms with van der Waals surface area (Å²) in [6.07, 6.45) is 0.324. The second-order valence-electron chi connectivity index (χ2n) is 4.48. The number of carboxylic acid groups (broad SMARTS) is 1. The molecule has 110 valence electrons. The van der Waals surface area contributed by atoms with Crippen LogP contribution in [0.4, 0.5) is 0 Å². The number of nitrogens with zero attached hydrogens (tertiary/aromatic N) is 1. The molecule has 1 aliphatic heterocycles. The Hall–Kier alpha value is -1.12. The van der Waals surface area contributed by atoms with Gasteiger partial charge in [0.25, 0.3) is 0 Å².